The lowest BCUT2D eigenvalue weighted by atomic mass is 10.2. The van der Waals surface area contributed by atoms with E-state index in [9.17, 15) is 4.79 Å². The van der Waals surface area contributed by atoms with Gasteiger partial charge >= 0.3 is 11.9 Å². The van der Waals surface area contributed by atoms with E-state index in [-0.39, 0.29) is 12.5 Å². The van der Waals surface area contributed by atoms with E-state index in [4.69, 9.17) is 9.26 Å². The van der Waals surface area contributed by atoms with Crippen LogP contribution < -0.4 is 0 Å². The average Bonchev–Trinajstić information content (AvgIpc) is 3.19. The third-order valence-corrected chi connectivity index (χ3v) is 2.88. The standard InChI is InChI=1S/C15H13N3O3/c1-2-20-15(19)14-16-13(17-21-14)11-6-5-7-12(10-11)18-8-3-4-9-18/h3-10H,2H2,1H3. The first-order chi connectivity index (χ1) is 10.3. The van der Waals surface area contributed by atoms with Crippen LogP contribution in [0.5, 0.6) is 0 Å². The van der Waals surface area contributed by atoms with E-state index >= 15 is 0 Å². The molecule has 6 nitrogen and oxygen atoms in total. The second kappa shape index (κ2) is 5.62. The first-order valence-corrected chi connectivity index (χ1v) is 6.52. The fourth-order valence-electron chi connectivity index (χ4n) is 1.93. The molecule has 0 fully saturated rings. The molecule has 0 bridgehead atoms. The van der Waals surface area contributed by atoms with Crippen LogP contribution in [0.25, 0.3) is 17.1 Å². The van der Waals surface area contributed by atoms with Gasteiger partial charge in [0.2, 0.25) is 5.82 Å². The van der Waals surface area contributed by atoms with Gasteiger partial charge in [-0.1, -0.05) is 17.3 Å². The van der Waals surface area contributed by atoms with Crippen LogP contribution in [0.3, 0.4) is 0 Å². The van der Waals surface area contributed by atoms with E-state index < -0.39 is 5.97 Å². The van der Waals surface area contributed by atoms with Crippen LogP contribution in [0.1, 0.15) is 17.6 Å². The zero-order valence-electron chi connectivity index (χ0n) is 11.4. The van der Waals surface area contributed by atoms with Gasteiger partial charge in [0.15, 0.2) is 0 Å². The van der Waals surface area contributed by atoms with Crippen molar-refractivity contribution < 1.29 is 14.1 Å². The smallest absolute Gasteiger partial charge is 0.397 e. The maximum Gasteiger partial charge on any atom is 0.397 e. The number of nitrogens with zero attached hydrogens (tertiary/aromatic N) is 3. The number of ether oxygens (including phenoxy) is 1. The van der Waals surface area contributed by atoms with E-state index in [1.807, 2.05) is 53.4 Å². The molecule has 106 valence electrons. The summed E-state index contributed by atoms with van der Waals surface area (Å²) in [4.78, 5) is 15.6. The van der Waals surface area contributed by atoms with Gasteiger partial charge in [0, 0.05) is 23.6 Å². The Morgan fingerprint density at radius 3 is 2.86 bits per heavy atom. The predicted molar refractivity (Wildman–Crippen MR) is 75.0 cm³/mol. The van der Waals surface area contributed by atoms with Crippen LogP contribution >= 0.6 is 0 Å². The van der Waals surface area contributed by atoms with Gasteiger partial charge < -0.3 is 13.8 Å². The topological polar surface area (TPSA) is 70.2 Å². The van der Waals surface area contributed by atoms with Crippen molar-refractivity contribution in [3.8, 4) is 17.1 Å². The highest BCUT2D eigenvalue weighted by molar-refractivity contribution is 5.84. The minimum atomic E-state index is -0.613. The second-order valence-corrected chi connectivity index (χ2v) is 4.28. The molecule has 0 aliphatic heterocycles. The number of hydrogen-bond donors (Lipinski definition) is 0. The van der Waals surface area contributed by atoms with E-state index in [1.165, 1.54) is 0 Å². The van der Waals surface area contributed by atoms with Crippen LogP contribution in [-0.4, -0.2) is 27.3 Å². The summed E-state index contributed by atoms with van der Waals surface area (Å²) in [5.74, 6) is -0.400. The highest BCUT2D eigenvalue weighted by Gasteiger charge is 2.17. The van der Waals surface area contributed by atoms with E-state index in [0.717, 1.165) is 11.3 Å². The zero-order chi connectivity index (χ0) is 14.7. The predicted octanol–water partition coefficient (Wildman–Crippen LogP) is 2.70. The number of benzene rings is 1. The molecule has 0 saturated heterocycles. The second-order valence-electron chi connectivity index (χ2n) is 4.28. The number of carbonyl (C=O) groups excluding carboxylic acids is 1. The molecule has 2 heterocycles. The summed E-state index contributed by atoms with van der Waals surface area (Å²) in [6, 6.07) is 11.5. The lowest BCUT2D eigenvalue weighted by Crippen LogP contribution is -2.04. The molecule has 0 saturated carbocycles. The van der Waals surface area contributed by atoms with Crippen LogP contribution in [0, 0.1) is 0 Å². The fourth-order valence-corrected chi connectivity index (χ4v) is 1.93. The molecule has 6 heteroatoms. The lowest BCUT2D eigenvalue weighted by molar-refractivity contribution is 0.0470. The SMILES string of the molecule is CCOC(=O)c1nc(-c2cccc(-n3cccc3)c2)no1. The number of esters is 1. The number of carbonyl (C=O) groups is 1. The van der Waals surface area contributed by atoms with E-state index in [2.05, 4.69) is 10.1 Å². The molecule has 2 aromatic heterocycles. The molecule has 21 heavy (non-hydrogen) atoms. The van der Waals surface area contributed by atoms with Gasteiger partial charge in [0.05, 0.1) is 6.61 Å². The van der Waals surface area contributed by atoms with Crippen molar-refractivity contribution in [2.24, 2.45) is 0 Å². The van der Waals surface area contributed by atoms with Crippen molar-refractivity contribution in [3.05, 3.63) is 54.7 Å². The molecule has 1 aromatic carbocycles. The van der Waals surface area contributed by atoms with E-state index in [1.54, 1.807) is 6.92 Å². The summed E-state index contributed by atoms with van der Waals surface area (Å²) in [6.07, 6.45) is 3.89. The average molecular weight is 283 g/mol. The van der Waals surface area contributed by atoms with Crippen molar-refractivity contribution in [1.82, 2.24) is 14.7 Å². The molecule has 0 spiro atoms. The molecular weight excluding hydrogens is 270 g/mol. The Kier molecular flexibility index (Phi) is 3.51. The maximum atomic E-state index is 11.5. The van der Waals surface area contributed by atoms with Crippen molar-refractivity contribution >= 4 is 5.97 Å². The molecule has 0 atom stereocenters. The minimum Gasteiger partial charge on any atom is -0.459 e. The molecule has 0 amide bonds. The number of aromatic nitrogens is 3. The van der Waals surface area contributed by atoms with Crippen molar-refractivity contribution in [2.45, 2.75) is 6.92 Å². The molecule has 0 unspecified atom stereocenters. The fraction of sp³-hybridized carbons (Fsp3) is 0.133. The van der Waals surface area contributed by atoms with E-state index in [0.29, 0.717) is 5.82 Å². The Hall–Kier alpha value is -2.89. The molecule has 0 aliphatic rings. The Bertz CT molecular complexity index is 747. The molecule has 3 rings (SSSR count). The Morgan fingerprint density at radius 1 is 1.29 bits per heavy atom. The van der Waals surface area contributed by atoms with Crippen LogP contribution in [0.4, 0.5) is 0 Å². The lowest BCUT2D eigenvalue weighted by Gasteiger charge is -2.03. The molecule has 0 aliphatic carbocycles. The first kappa shape index (κ1) is 13.1. The van der Waals surface area contributed by atoms with Gasteiger partial charge in [-0.25, -0.2) is 4.79 Å². The summed E-state index contributed by atoms with van der Waals surface area (Å²) in [5.41, 5.74) is 1.74. The Balaban J connectivity index is 1.91. The normalized spacial score (nSPS) is 10.5. The summed E-state index contributed by atoms with van der Waals surface area (Å²) < 4.78 is 11.7. The quantitative estimate of drug-likeness (QED) is 0.688. The summed E-state index contributed by atoms with van der Waals surface area (Å²) in [5, 5.41) is 3.82. The molecule has 0 radical (unpaired) electrons. The zero-order valence-corrected chi connectivity index (χ0v) is 11.4. The number of rotatable bonds is 4. The van der Waals surface area contributed by atoms with Gasteiger partial charge in [-0.15, -0.1) is 0 Å². The van der Waals surface area contributed by atoms with Crippen molar-refractivity contribution in [2.75, 3.05) is 6.61 Å². The third-order valence-electron chi connectivity index (χ3n) is 2.88. The monoisotopic (exact) mass is 283 g/mol. The Labute approximate surface area is 121 Å². The van der Waals surface area contributed by atoms with Crippen molar-refractivity contribution in [3.63, 3.8) is 0 Å². The van der Waals surface area contributed by atoms with Gasteiger partial charge in [-0.3, -0.25) is 0 Å². The number of hydrogen-bond acceptors (Lipinski definition) is 5. The summed E-state index contributed by atoms with van der Waals surface area (Å²) >= 11 is 0. The highest BCUT2D eigenvalue weighted by atomic mass is 16.6. The summed E-state index contributed by atoms with van der Waals surface area (Å²) in [6.45, 7) is 1.98. The minimum absolute atomic E-state index is 0.141. The van der Waals surface area contributed by atoms with Crippen LogP contribution in [0.2, 0.25) is 0 Å². The van der Waals surface area contributed by atoms with Crippen molar-refractivity contribution in [1.29, 1.82) is 0 Å². The van der Waals surface area contributed by atoms with Gasteiger partial charge in [0.25, 0.3) is 0 Å². The summed E-state index contributed by atoms with van der Waals surface area (Å²) in [7, 11) is 0. The maximum absolute atomic E-state index is 11.5. The van der Waals surface area contributed by atoms with Gasteiger partial charge in [-0.2, -0.15) is 4.98 Å². The third kappa shape index (κ3) is 2.69. The first-order valence-electron chi connectivity index (χ1n) is 6.52. The largest absolute Gasteiger partial charge is 0.459 e. The van der Waals surface area contributed by atoms with Gasteiger partial charge in [-0.05, 0) is 31.2 Å². The molecule has 0 N–H and O–H groups in total. The highest BCUT2D eigenvalue weighted by Crippen LogP contribution is 2.19. The Morgan fingerprint density at radius 2 is 2.10 bits per heavy atom. The molecular formula is C15H13N3O3. The van der Waals surface area contributed by atoms with Gasteiger partial charge in [0.1, 0.15) is 0 Å². The van der Waals surface area contributed by atoms with Crippen LogP contribution in [0.15, 0.2) is 53.3 Å². The molecule has 3 aromatic rings. The van der Waals surface area contributed by atoms with Crippen LogP contribution in [-0.2, 0) is 4.74 Å².